The SMILES string of the molecule is O=C1CN(C(=O)NC(c2ccccc2)c2ccccc2)CCN1. The summed E-state index contributed by atoms with van der Waals surface area (Å²) in [4.78, 5) is 25.5. The fourth-order valence-corrected chi connectivity index (χ4v) is 2.68. The van der Waals surface area contributed by atoms with Crippen molar-refractivity contribution in [1.82, 2.24) is 15.5 Å². The van der Waals surface area contributed by atoms with E-state index in [1.54, 1.807) is 0 Å². The van der Waals surface area contributed by atoms with Gasteiger partial charge in [0.15, 0.2) is 0 Å². The topological polar surface area (TPSA) is 61.4 Å². The molecule has 0 aromatic heterocycles. The molecule has 1 fully saturated rings. The molecule has 0 radical (unpaired) electrons. The quantitative estimate of drug-likeness (QED) is 0.910. The fraction of sp³-hybridized carbons (Fsp3) is 0.222. The second-order valence-electron chi connectivity index (χ2n) is 5.48. The number of carbonyl (C=O) groups is 2. The van der Waals surface area contributed by atoms with Gasteiger partial charge in [0.1, 0.15) is 6.54 Å². The molecule has 1 saturated heterocycles. The summed E-state index contributed by atoms with van der Waals surface area (Å²) < 4.78 is 0. The first-order valence-electron chi connectivity index (χ1n) is 7.66. The van der Waals surface area contributed by atoms with E-state index in [0.29, 0.717) is 13.1 Å². The molecule has 1 heterocycles. The fourth-order valence-electron chi connectivity index (χ4n) is 2.68. The average molecular weight is 309 g/mol. The van der Waals surface area contributed by atoms with Gasteiger partial charge in [0, 0.05) is 13.1 Å². The van der Waals surface area contributed by atoms with Gasteiger partial charge in [-0.1, -0.05) is 60.7 Å². The summed E-state index contributed by atoms with van der Waals surface area (Å²) in [5, 5.41) is 5.77. The molecule has 0 unspecified atom stereocenters. The van der Waals surface area contributed by atoms with Gasteiger partial charge in [0.05, 0.1) is 6.04 Å². The third kappa shape index (κ3) is 3.69. The van der Waals surface area contributed by atoms with Crippen molar-refractivity contribution in [1.29, 1.82) is 0 Å². The summed E-state index contributed by atoms with van der Waals surface area (Å²) in [6.45, 7) is 1.11. The highest BCUT2D eigenvalue weighted by atomic mass is 16.2. The molecule has 3 rings (SSSR count). The number of nitrogens with zero attached hydrogens (tertiary/aromatic N) is 1. The van der Waals surface area contributed by atoms with Crippen LogP contribution >= 0.6 is 0 Å². The van der Waals surface area contributed by atoms with E-state index in [9.17, 15) is 9.59 Å². The van der Waals surface area contributed by atoms with Crippen LogP contribution in [0.4, 0.5) is 4.79 Å². The van der Waals surface area contributed by atoms with Gasteiger partial charge in [-0.3, -0.25) is 4.79 Å². The van der Waals surface area contributed by atoms with Crippen LogP contribution in [0.2, 0.25) is 0 Å². The smallest absolute Gasteiger partial charge is 0.318 e. The van der Waals surface area contributed by atoms with Crippen LogP contribution in [0.5, 0.6) is 0 Å². The number of hydrogen-bond donors (Lipinski definition) is 2. The van der Waals surface area contributed by atoms with Crippen LogP contribution in [-0.4, -0.2) is 36.5 Å². The number of urea groups is 1. The summed E-state index contributed by atoms with van der Waals surface area (Å²) in [5.41, 5.74) is 2.02. The minimum atomic E-state index is -0.241. The maximum Gasteiger partial charge on any atom is 0.318 e. The van der Waals surface area contributed by atoms with Gasteiger partial charge in [0.2, 0.25) is 5.91 Å². The Morgan fingerprint density at radius 2 is 1.57 bits per heavy atom. The van der Waals surface area contributed by atoms with Crippen molar-refractivity contribution < 1.29 is 9.59 Å². The molecular formula is C18H19N3O2. The summed E-state index contributed by atoms with van der Waals surface area (Å²) >= 11 is 0. The van der Waals surface area contributed by atoms with Crippen molar-refractivity contribution in [2.24, 2.45) is 0 Å². The van der Waals surface area contributed by atoms with E-state index in [2.05, 4.69) is 10.6 Å². The Kier molecular flexibility index (Phi) is 4.57. The molecule has 0 bridgehead atoms. The number of carbonyl (C=O) groups excluding carboxylic acids is 2. The minimum absolute atomic E-state index is 0.0993. The molecule has 5 nitrogen and oxygen atoms in total. The lowest BCUT2D eigenvalue weighted by atomic mass is 9.99. The van der Waals surface area contributed by atoms with Crippen molar-refractivity contribution in [2.75, 3.05) is 19.6 Å². The first-order valence-corrected chi connectivity index (χ1v) is 7.66. The molecule has 1 aliphatic rings. The number of nitrogens with one attached hydrogen (secondary N) is 2. The summed E-state index contributed by atoms with van der Waals surface area (Å²) in [6, 6.07) is 19.2. The van der Waals surface area contributed by atoms with Crippen LogP contribution in [0.25, 0.3) is 0 Å². The van der Waals surface area contributed by atoms with E-state index in [4.69, 9.17) is 0 Å². The van der Waals surface area contributed by atoms with Crippen LogP contribution < -0.4 is 10.6 Å². The lowest BCUT2D eigenvalue weighted by Gasteiger charge is -2.29. The van der Waals surface area contributed by atoms with Crippen LogP contribution in [0.1, 0.15) is 17.2 Å². The zero-order valence-electron chi connectivity index (χ0n) is 12.7. The minimum Gasteiger partial charge on any atom is -0.353 e. The summed E-state index contributed by atoms with van der Waals surface area (Å²) in [7, 11) is 0. The highest BCUT2D eigenvalue weighted by Crippen LogP contribution is 2.22. The van der Waals surface area contributed by atoms with Crippen molar-refractivity contribution in [2.45, 2.75) is 6.04 Å². The molecule has 0 saturated carbocycles. The molecule has 2 aromatic rings. The number of hydrogen-bond acceptors (Lipinski definition) is 2. The zero-order valence-corrected chi connectivity index (χ0v) is 12.7. The van der Waals surface area contributed by atoms with Crippen molar-refractivity contribution in [3.05, 3.63) is 71.8 Å². The van der Waals surface area contributed by atoms with Crippen molar-refractivity contribution in [3.8, 4) is 0 Å². The Labute approximate surface area is 135 Å². The van der Waals surface area contributed by atoms with E-state index in [1.165, 1.54) is 4.90 Å². The molecule has 0 aliphatic carbocycles. The van der Waals surface area contributed by atoms with E-state index in [-0.39, 0.29) is 24.5 Å². The standard InChI is InChI=1S/C18H19N3O2/c22-16-13-21(12-11-19-16)18(23)20-17(14-7-3-1-4-8-14)15-9-5-2-6-10-15/h1-10,17H,11-13H2,(H,19,22)(H,20,23). The normalized spacial score (nSPS) is 14.5. The van der Waals surface area contributed by atoms with Crippen LogP contribution in [0.15, 0.2) is 60.7 Å². The van der Waals surface area contributed by atoms with Crippen LogP contribution in [-0.2, 0) is 4.79 Å². The van der Waals surface area contributed by atoms with Crippen LogP contribution in [0.3, 0.4) is 0 Å². The molecule has 2 aromatic carbocycles. The van der Waals surface area contributed by atoms with Gasteiger partial charge in [-0.2, -0.15) is 0 Å². The monoisotopic (exact) mass is 309 g/mol. The molecule has 118 valence electrons. The predicted octanol–water partition coefficient (Wildman–Crippen LogP) is 1.92. The maximum atomic E-state index is 12.5. The van der Waals surface area contributed by atoms with E-state index in [0.717, 1.165) is 11.1 Å². The van der Waals surface area contributed by atoms with Gasteiger partial charge >= 0.3 is 6.03 Å². The number of benzene rings is 2. The first kappa shape index (κ1) is 15.1. The van der Waals surface area contributed by atoms with Gasteiger partial charge < -0.3 is 15.5 Å². The zero-order chi connectivity index (χ0) is 16.1. The van der Waals surface area contributed by atoms with E-state index < -0.39 is 0 Å². The Morgan fingerprint density at radius 1 is 1.00 bits per heavy atom. The second kappa shape index (κ2) is 6.96. The highest BCUT2D eigenvalue weighted by Gasteiger charge is 2.24. The van der Waals surface area contributed by atoms with Crippen molar-refractivity contribution in [3.63, 3.8) is 0 Å². The Hall–Kier alpha value is -2.82. The predicted molar refractivity (Wildman–Crippen MR) is 87.8 cm³/mol. The molecule has 5 heteroatoms. The van der Waals surface area contributed by atoms with Crippen molar-refractivity contribution >= 4 is 11.9 Å². The van der Waals surface area contributed by atoms with Gasteiger partial charge in [-0.25, -0.2) is 4.79 Å². The first-order chi connectivity index (χ1) is 11.2. The van der Waals surface area contributed by atoms with Crippen LogP contribution in [0, 0.1) is 0 Å². The van der Waals surface area contributed by atoms with Gasteiger partial charge in [-0.15, -0.1) is 0 Å². The molecular weight excluding hydrogens is 290 g/mol. The molecule has 0 atom stereocenters. The second-order valence-corrected chi connectivity index (χ2v) is 5.48. The number of piperazine rings is 1. The number of rotatable bonds is 3. The Balaban J connectivity index is 1.82. The van der Waals surface area contributed by atoms with Gasteiger partial charge in [-0.05, 0) is 11.1 Å². The highest BCUT2D eigenvalue weighted by molar-refractivity contribution is 5.85. The molecule has 3 amide bonds. The molecule has 23 heavy (non-hydrogen) atoms. The summed E-state index contributed by atoms with van der Waals surface area (Å²) in [5.74, 6) is -0.123. The Bertz CT molecular complexity index is 634. The van der Waals surface area contributed by atoms with Gasteiger partial charge in [0.25, 0.3) is 0 Å². The average Bonchev–Trinajstić information content (AvgIpc) is 2.61. The summed E-state index contributed by atoms with van der Waals surface area (Å²) in [6.07, 6.45) is 0. The third-order valence-corrected chi connectivity index (χ3v) is 3.86. The molecule has 0 spiro atoms. The maximum absolute atomic E-state index is 12.5. The van der Waals surface area contributed by atoms with E-state index >= 15 is 0 Å². The lowest BCUT2D eigenvalue weighted by molar-refractivity contribution is -0.123. The largest absolute Gasteiger partial charge is 0.353 e. The number of amides is 3. The lowest BCUT2D eigenvalue weighted by Crippen LogP contribution is -2.53. The third-order valence-electron chi connectivity index (χ3n) is 3.86. The molecule has 1 aliphatic heterocycles. The molecule has 2 N–H and O–H groups in total. The van der Waals surface area contributed by atoms with E-state index in [1.807, 2.05) is 60.7 Å². The Morgan fingerprint density at radius 3 is 2.09 bits per heavy atom.